The summed E-state index contributed by atoms with van der Waals surface area (Å²) in [5.74, 6) is 0.425. The molecule has 0 amide bonds. The van der Waals surface area contributed by atoms with Crippen molar-refractivity contribution >= 4 is 10.2 Å². The highest BCUT2D eigenvalue weighted by molar-refractivity contribution is 7.87. The van der Waals surface area contributed by atoms with Gasteiger partial charge in [0.15, 0.2) is 0 Å². The molecule has 116 valence electrons. The van der Waals surface area contributed by atoms with Gasteiger partial charge in [0.1, 0.15) is 0 Å². The molecule has 0 fully saturated rings. The molecule has 5 nitrogen and oxygen atoms in total. The topological polar surface area (TPSA) is 61.4 Å². The fraction of sp³-hybridized carbons (Fsp3) is 1.00. The van der Waals surface area contributed by atoms with Crippen LogP contribution in [-0.2, 0) is 10.2 Å². The van der Waals surface area contributed by atoms with Crippen LogP contribution in [0.2, 0.25) is 0 Å². The lowest BCUT2D eigenvalue weighted by Gasteiger charge is -2.30. The van der Waals surface area contributed by atoms with Gasteiger partial charge in [-0.3, -0.25) is 0 Å². The van der Waals surface area contributed by atoms with Gasteiger partial charge in [-0.2, -0.15) is 12.7 Å². The smallest absolute Gasteiger partial charge is 0.279 e. The summed E-state index contributed by atoms with van der Waals surface area (Å²) in [6, 6.07) is 0. The Morgan fingerprint density at radius 1 is 1.26 bits per heavy atom. The number of nitrogens with zero attached hydrogens (tertiary/aromatic N) is 1. The molecule has 0 aliphatic carbocycles. The predicted octanol–water partition coefficient (Wildman–Crippen LogP) is 1.43. The molecule has 0 saturated heterocycles. The third kappa shape index (κ3) is 7.25. The number of rotatable bonds is 10. The van der Waals surface area contributed by atoms with Crippen LogP contribution in [0.3, 0.4) is 0 Å². The second-order valence-corrected chi connectivity index (χ2v) is 7.86. The molecule has 0 aromatic carbocycles. The van der Waals surface area contributed by atoms with Gasteiger partial charge in [-0.05, 0) is 30.8 Å². The van der Waals surface area contributed by atoms with E-state index in [0.717, 1.165) is 19.5 Å². The van der Waals surface area contributed by atoms with Gasteiger partial charge in [0, 0.05) is 20.1 Å². The molecule has 0 unspecified atom stereocenters. The molecule has 0 radical (unpaired) electrons. The molecule has 0 aromatic rings. The number of hydrogen-bond donors (Lipinski definition) is 2. The van der Waals surface area contributed by atoms with Gasteiger partial charge in [-0.1, -0.05) is 34.6 Å². The first-order chi connectivity index (χ1) is 8.63. The van der Waals surface area contributed by atoms with E-state index < -0.39 is 10.2 Å². The fourth-order valence-electron chi connectivity index (χ4n) is 1.32. The minimum atomic E-state index is -3.36. The van der Waals surface area contributed by atoms with Gasteiger partial charge in [0.25, 0.3) is 10.2 Å². The first kappa shape index (κ1) is 18.8. The maximum Gasteiger partial charge on any atom is 0.279 e. The maximum atomic E-state index is 12.1. The van der Waals surface area contributed by atoms with E-state index in [-0.39, 0.29) is 5.41 Å². The standard InChI is InChI=1S/C13H31N3O2S/c1-7-14-9-8-10-16(6)19(17,18)15-11-13(4,5)12(2)3/h12,14-15H,7-11H2,1-6H3. The van der Waals surface area contributed by atoms with Crippen molar-refractivity contribution in [2.45, 2.75) is 41.0 Å². The first-order valence-corrected chi connectivity index (χ1v) is 8.49. The zero-order valence-electron chi connectivity index (χ0n) is 13.3. The summed E-state index contributed by atoms with van der Waals surface area (Å²) >= 11 is 0. The van der Waals surface area contributed by atoms with E-state index in [1.807, 2.05) is 6.92 Å². The Hall–Kier alpha value is -0.170. The maximum absolute atomic E-state index is 12.1. The molecule has 0 aliphatic heterocycles. The Kier molecular flexibility index (Phi) is 8.12. The predicted molar refractivity (Wildman–Crippen MR) is 81.3 cm³/mol. The normalized spacial score (nSPS) is 13.5. The quantitative estimate of drug-likeness (QED) is 0.599. The lowest BCUT2D eigenvalue weighted by molar-refractivity contribution is 0.250. The van der Waals surface area contributed by atoms with Gasteiger partial charge in [0.2, 0.25) is 0 Å². The molecule has 0 rings (SSSR count). The van der Waals surface area contributed by atoms with Crippen LogP contribution >= 0.6 is 0 Å². The summed E-state index contributed by atoms with van der Waals surface area (Å²) in [7, 11) is -1.74. The van der Waals surface area contributed by atoms with Crippen molar-refractivity contribution in [3.05, 3.63) is 0 Å². The SMILES string of the molecule is CCNCCCN(C)S(=O)(=O)NCC(C)(C)C(C)C. The van der Waals surface area contributed by atoms with E-state index in [9.17, 15) is 8.42 Å². The van der Waals surface area contributed by atoms with Gasteiger partial charge in [-0.25, -0.2) is 4.72 Å². The fourth-order valence-corrected chi connectivity index (χ4v) is 2.46. The largest absolute Gasteiger partial charge is 0.317 e. The van der Waals surface area contributed by atoms with Crippen LogP contribution in [0, 0.1) is 11.3 Å². The molecule has 0 heterocycles. The van der Waals surface area contributed by atoms with Crippen LogP contribution in [-0.4, -0.2) is 45.9 Å². The molecular weight excluding hydrogens is 262 g/mol. The molecular formula is C13H31N3O2S. The molecule has 0 bridgehead atoms. The van der Waals surface area contributed by atoms with Crippen molar-refractivity contribution < 1.29 is 8.42 Å². The minimum Gasteiger partial charge on any atom is -0.317 e. The van der Waals surface area contributed by atoms with Crippen LogP contribution in [0.1, 0.15) is 41.0 Å². The van der Waals surface area contributed by atoms with Crippen LogP contribution < -0.4 is 10.0 Å². The summed E-state index contributed by atoms with van der Waals surface area (Å²) in [6.45, 7) is 13.1. The Morgan fingerprint density at radius 3 is 2.32 bits per heavy atom. The molecule has 2 N–H and O–H groups in total. The highest BCUT2D eigenvalue weighted by Gasteiger charge is 2.26. The Bertz CT molecular complexity index is 340. The number of nitrogens with one attached hydrogen (secondary N) is 2. The van der Waals surface area contributed by atoms with Crippen molar-refractivity contribution in [3.63, 3.8) is 0 Å². The third-order valence-electron chi connectivity index (χ3n) is 3.76. The van der Waals surface area contributed by atoms with E-state index in [1.54, 1.807) is 7.05 Å². The second kappa shape index (κ2) is 8.19. The molecule has 6 heteroatoms. The summed E-state index contributed by atoms with van der Waals surface area (Å²) in [4.78, 5) is 0. The summed E-state index contributed by atoms with van der Waals surface area (Å²) in [5.41, 5.74) is -0.0440. The summed E-state index contributed by atoms with van der Waals surface area (Å²) in [6.07, 6.45) is 0.818. The molecule has 0 spiro atoms. The number of hydrogen-bond acceptors (Lipinski definition) is 3. The van der Waals surface area contributed by atoms with Crippen molar-refractivity contribution in [2.24, 2.45) is 11.3 Å². The van der Waals surface area contributed by atoms with Gasteiger partial charge >= 0.3 is 0 Å². The molecule has 0 atom stereocenters. The zero-order chi connectivity index (χ0) is 15.1. The van der Waals surface area contributed by atoms with E-state index >= 15 is 0 Å². The average molecular weight is 293 g/mol. The molecule has 0 aliphatic rings. The van der Waals surface area contributed by atoms with E-state index in [0.29, 0.717) is 19.0 Å². The van der Waals surface area contributed by atoms with Crippen molar-refractivity contribution in [2.75, 3.05) is 33.2 Å². The highest BCUT2D eigenvalue weighted by Crippen LogP contribution is 2.24. The summed E-state index contributed by atoms with van der Waals surface area (Å²) < 4.78 is 28.2. The first-order valence-electron chi connectivity index (χ1n) is 7.05. The highest BCUT2D eigenvalue weighted by atomic mass is 32.2. The van der Waals surface area contributed by atoms with E-state index in [4.69, 9.17) is 0 Å². The second-order valence-electron chi connectivity index (χ2n) is 6.00. The molecule has 0 aromatic heterocycles. The van der Waals surface area contributed by atoms with Crippen LogP contribution in [0.15, 0.2) is 0 Å². The minimum absolute atomic E-state index is 0.0440. The van der Waals surface area contributed by atoms with E-state index in [1.165, 1.54) is 4.31 Å². The van der Waals surface area contributed by atoms with Crippen molar-refractivity contribution in [1.82, 2.24) is 14.3 Å². The van der Waals surface area contributed by atoms with Crippen LogP contribution in [0.25, 0.3) is 0 Å². The Morgan fingerprint density at radius 2 is 1.84 bits per heavy atom. The van der Waals surface area contributed by atoms with Crippen LogP contribution in [0.4, 0.5) is 0 Å². The zero-order valence-corrected chi connectivity index (χ0v) is 14.1. The lowest BCUT2D eigenvalue weighted by Crippen LogP contribution is -2.44. The molecule has 19 heavy (non-hydrogen) atoms. The van der Waals surface area contributed by atoms with Gasteiger partial charge in [0.05, 0.1) is 0 Å². The van der Waals surface area contributed by atoms with Gasteiger partial charge < -0.3 is 5.32 Å². The van der Waals surface area contributed by atoms with Crippen LogP contribution in [0.5, 0.6) is 0 Å². The average Bonchev–Trinajstić information content (AvgIpc) is 2.32. The summed E-state index contributed by atoms with van der Waals surface area (Å²) in [5, 5.41) is 3.18. The molecule has 0 saturated carbocycles. The lowest BCUT2D eigenvalue weighted by atomic mass is 9.81. The van der Waals surface area contributed by atoms with Crippen molar-refractivity contribution in [3.8, 4) is 0 Å². The van der Waals surface area contributed by atoms with E-state index in [2.05, 4.69) is 37.7 Å². The Balaban J connectivity index is 4.23. The van der Waals surface area contributed by atoms with Gasteiger partial charge in [-0.15, -0.1) is 0 Å². The Labute approximate surface area is 119 Å². The van der Waals surface area contributed by atoms with Crippen molar-refractivity contribution in [1.29, 1.82) is 0 Å². The monoisotopic (exact) mass is 293 g/mol. The third-order valence-corrected chi connectivity index (χ3v) is 5.27.